The Bertz CT molecular complexity index is 648. The zero-order valence-corrected chi connectivity index (χ0v) is 13.4. The van der Waals surface area contributed by atoms with Crippen molar-refractivity contribution in [2.45, 2.75) is 24.9 Å². The number of carbonyl (C=O) groups is 1. The van der Waals surface area contributed by atoms with E-state index in [1.54, 1.807) is 6.07 Å². The molecular formula is C19H22FNO3. The van der Waals surface area contributed by atoms with Gasteiger partial charge >= 0.3 is 0 Å². The summed E-state index contributed by atoms with van der Waals surface area (Å²) >= 11 is 0. The molecule has 2 unspecified atom stereocenters. The molecule has 0 aliphatic rings. The molecule has 1 amide bonds. The van der Waals surface area contributed by atoms with Crippen LogP contribution in [0.4, 0.5) is 4.39 Å². The van der Waals surface area contributed by atoms with Crippen LogP contribution in [-0.4, -0.2) is 29.3 Å². The van der Waals surface area contributed by atoms with Gasteiger partial charge in [0.1, 0.15) is 5.82 Å². The fourth-order valence-electron chi connectivity index (χ4n) is 2.58. The molecular weight excluding hydrogens is 309 g/mol. The van der Waals surface area contributed by atoms with Gasteiger partial charge in [-0.15, -0.1) is 0 Å². The van der Waals surface area contributed by atoms with E-state index in [2.05, 4.69) is 5.32 Å². The van der Waals surface area contributed by atoms with Crippen LogP contribution >= 0.6 is 0 Å². The molecule has 3 N–H and O–H groups in total. The van der Waals surface area contributed by atoms with E-state index < -0.39 is 11.9 Å². The highest BCUT2D eigenvalue weighted by Crippen LogP contribution is 2.20. The quantitative estimate of drug-likeness (QED) is 0.696. The molecule has 24 heavy (non-hydrogen) atoms. The fraction of sp³-hybridized carbons (Fsp3) is 0.316. The van der Waals surface area contributed by atoms with E-state index in [0.29, 0.717) is 18.5 Å². The van der Waals surface area contributed by atoms with Gasteiger partial charge in [-0.05, 0) is 29.7 Å². The van der Waals surface area contributed by atoms with Gasteiger partial charge in [-0.2, -0.15) is 0 Å². The summed E-state index contributed by atoms with van der Waals surface area (Å²) < 4.78 is 13.2. The molecule has 0 saturated heterocycles. The number of aliphatic hydroxyl groups excluding tert-OH is 2. The molecule has 2 rings (SSSR count). The molecule has 0 saturated carbocycles. The molecule has 128 valence electrons. The first-order chi connectivity index (χ1) is 11.6. The van der Waals surface area contributed by atoms with Crippen LogP contribution in [0.15, 0.2) is 54.6 Å². The van der Waals surface area contributed by atoms with Crippen molar-refractivity contribution in [3.63, 3.8) is 0 Å². The molecule has 5 heteroatoms. The largest absolute Gasteiger partial charge is 0.396 e. The van der Waals surface area contributed by atoms with E-state index in [-0.39, 0.29) is 24.9 Å². The molecule has 0 bridgehead atoms. The van der Waals surface area contributed by atoms with Gasteiger partial charge in [-0.3, -0.25) is 4.79 Å². The lowest BCUT2D eigenvalue weighted by Gasteiger charge is -2.18. The third-order valence-corrected chi connectivity index (χ3v) is 3.91. The van der Waals surface area contributed by atoms with Gasteiger partial charge in [-0.25, -0.2) is 4.39 Å². The first-order valence-corrected chi connectivity index (χ1v) is 7.96. The van der Waals surface area contributed by atoms with Gasteiger partial charge in [0.2, 0.25) is 5.91 Å². The lowest BCUT2D eigenvalue weighted by atomic mass is 9.96. The standard InChI is InChI=1S/C19H22FNO3/c20-17-8-4-7-15(11-17)18(23)12-19(24)21-13-16(9-10-22)14-5-2-1-3-6-14/h1-8,11,16,18,22-23H,9-10,12-13H2,(H,21,24). The number of benzene rings is 2. The molecule has 0 aromatic heterocycles. The molecule has 4 nitrogen and oxygen atoms in total. The lowest BCUT2D eigenvalue weighted by molar-refractivity contribution is -0.123. The number of nitrogens with one attached hydrogen (secondary N) is 1. The zero-order valence-electron chi connectivity index (χ0n) is 13.4. The van der Waals surface area contributed by atoms with Crippen molar-refractivity contribution in [2.75, 3.05) is 13.2 Å². The van der Waals surface area contributed by atoms with Crippen LogP contribution in [0.1, 0.15) is 36.0 Å². The minimum atomic E-state index is -1.05. The Morgan fingerprint density at radius 3 is 2.46 bits per heavy atom. The molecule has 0 radical (unpaired) electrons. The smallest absolute Gasteiger partial charge is 0.222 e. The van der Waals surface area contributed by atoms with Crippen molar-refractivity contribution in [3.8, 4) is 0 Å². The van der Waals surface area contributed by atoms with Crippen LogP contribution in [0, 0.1) is 5.82 Å². The summed E-state index contributed by atoms with van der Waals surface area (Å²) in [6.07, 6.45) is -0.644. The van der Waals surface area contributed by atoms with Crippen LogP contribution in [0.3, 0.4) is 0 Å². The summed E-state index contributed by atoms with van der Waals surface area (Å²) in [4.78, 5) is 12.0. The van der Waals surface area contributed by atoms with E-state index >= 15 is 0 Å². The maximum Gasteiger partial charge on any atom is 0.222 e. The lowest BCUT2D eigenvalue weighted by Crippen LogP contribution is -2.30. The second-order valence-electron chi connectivity index (χ2n) is 5.70. The Kier molecular flexibility index (Phi) is 6.90. The van der Waals surface area contributed by atoms with Crippen LogP contribution in [-0.2, 0) is 4.79 Å². The average molecular weight is 331 g/mol. The summed E-state index contributed by atoms with van der Waals surface area (Å²) in [5.41, 5.74) is 1.41. The van der Waals surface area contributed by atoms with Crippen LogP contribution in [0.5, 0.6) is 0 Å². The van der Waals surface area contributed by atoms with Gasteiger partial charge in [0.05, 0.1) is 12.5 Å². The van der Waals surface area contributed by atoms with E-state index in [4.69, 9.17) is 0 Å². The van der Waals surface area contributed by atoms with Gasteiger partial charge in [0.15, 0.2) is 0 Å². The number of aliphatic hydroxyl groups is 2. The molecule has 0 heterocycles. The second kappa shape index (κ2) is 9.15. The van der Waals surface area contributed by atoms with E-state index in [1.807, 2.05) is 30.3 Å². The van der Waals surface area contributed by atoms with Crippen molar-refractivity contribution < 1.29 is 19.4 Å². The summed E-state index contributed by atoms with van der Waals surface area (Å²) in [6, 6.07) is 15.2. The minimum Gasteiger partial charge on any atom is -0.396 e. The predicted octanol–water partition coefficient (Wildman–Crippen LogP) is 2.53. The predicted molar refractivity (Wildman–Crippen MR) is 89.9 cm³/mol. The first-order valence-electron chi connectivity index (χ1n) is 7.96. The van der Waals surface area contributed by atoms with Crippen molar-refractivity contribution in [2.24, 2.45) is 0 Å². The summed E-state index contributed by atoms with van der Waals surface area (Å²) in [5, 5.41) is 22.0. The fourth-order valence-corrected chi connectivity index (χ4v) is 2.58. The first kappa shape index (κ1) is 18.1. The Morgan fingerprint density at radius 2 is 1.79 bits per heavy atom. The maximum absolute atomic E-state index is 13.2. The third-order valence-electron chi connectivity index (χ3n) is 3.91. The molecule has 2 atom stereocenters. The van der Waals surface area contributed by atoms with Gasteiger partial charge in [0, 0.05) is 19.1 Å². The molecule has 0 spiro atoms. The number of carbonyl (C=O) groups excluding carboxylic acids is 1. The van der Waals surface area contributed by atoms with Crippen LogP contribution in [0.2, 0.25) is 0 Å². The molecule has 0 aliphatic heterocycles. The van der Waals surface area contributed by atoms with Gasteiger partial charge < -0.3 is 15.5 Å². The maximum atomic E-state index is 13.2. The van der Waals surface area contributed by atoms with Crippen molar-refractivity contribution in [1.29, 1.82) is 0 Å². The normalized spacial score (nSPS) is 13.3. The van der Waals surface area contributed by atoms with Crippen molar-refractivity contribution >= 4 is 5.91 Å². The summed E-state index contributed by atoms with van der Waals surface area (Å²) in [5.74, 6) is -0.754. The monoisotopic (exact) mass is 331 g/mol. The molecule has 2 aromatic rings. The number of rotatable bonds is 8. The summed E-state index contributed by atoms with van der Waals surface area (Å²) in [7, 11) is 0. The Hall–Kier alpha value is -2.24. The number of hydrogen-bond acceptors (Lipinski definition) is 3. The molecule has 2 aromatic carbocycles. The Morgan fingerprint density at radius 1 is 1.08 bits per heavy atom. The van der Waals surface area contributed by atoms with Gasteiger partial charge in [0.25, 0.3) is 0 Å². The van der Waals surface area contributed by atoms with E-state index in [1.165, 1.54) is 18.2 Å². The topological polar surface area (TPSA) is 69.6 Å². The minimum absolute atomic E-state index is 0.00598. The second-order valence-corrected chi connectivity index (χ2v) is 5.70. The molecule has 0 fully saturated rings. The van der Waals surface area contributed by atoms with Crippen LogP contribution in [0.25, 0.3) is 0 Å². The number of halogens is 1. The molecule has 0 aliphatic carbocycles. The highest BCUT2D eigenvalue weighted by molar-refractivity contribution is 5.76. The van der Waals surface area contributed by atoms with E-state index in [0.717, 1.165) is 5.56 Å². The number of hydrogen-bond donors (Lipinski definition) is 3. The van der Waals surface area contributed by atoms with Gasteiger partial charge in [-0.1, -0.05) is 42.5 Å². The number of amides is 1. The van der Waals surface area contributed by atoms with E-state index in [9.17, 15) is 19.4 Å². The SMILES string of the molecule is O=C(CC(O)c1cccc(F)c1)NCC(CCO)c1ccccc1. The summed E-state index contributed by atoms with van der Waals surface area (Å²) in [6.45, 7) is 0.403. The third kappa shape index (κ3) is 5.44. The van der Waals surface area contributed by atoms with Crippen molar-refractivity contribution in [1.82, 2.24) is 5.32 Å². The zero-order chi connectivity index (χ0) is 17.4. The highest BCUT2D eigenvalue weighted by Gasteiger charge is 2.16. The average Bonchev–Trinajstić information content (AvgIpc) is 2.59. The Labute approximate surface area is 141 Å². The van der Waals surface area contributed by atoms with Crippen molar-refractivity contribution in [3.05, 3.63) is 71.5 Å². The highest BCUT2D eigenvalue weighted by atomic mass is 19.1. The Balaban J connectivity index is 1.89. The van der Waals surface area contributed by atoms with Crippen LogP contribution < -0.4 is 5.32 Å².